The molecule has 0 radical (unpaired) electrons. The SMILES string of the molecule is CC(C)OCc1ccccc1CNC(C(N)=O)c1ccccc1. The Morgan fingerprint density at radius 3 is 2.26 bits per heavy atom. The molecule has 0 aliphatic heterocycles. The van der Waals surface area contributed by atoms with Crippen molar-refractivity contribution in [3.8, 4) is 0 Å². The van der Waals surface area contributed by atoms with Crippen molar-refractivity contribution in [3.05, 3.63) is 71.3 Å². The lowest BCUT2D eigenvalue weighted by Gasteiger charge is -2.18. The molecule has 122 valence electrons. The van der Waals surface area contributed by atoms with E-state index < -0.39 is 6.04 Å². The predicted octanol–water partition coefficient (Wildman–Crippen LogP) is 2.93. The number of rotatable bonds is 8. The zero-order chi connectivity index (χ0) is 16.7. The number of carbonyl (C=O) groups excluding carboxylic acids is 1. The second kappa shape index (κ2) is 8.46. The Morgan fingerprint density at radius 2 is 1.65 bits per heavy atom. The van der Waals surface area contributed by atoms with Crippen LogP contribution in [0.15, 0.2) is 54.6 Å². The van der Waals surface area contributed by atoms with Crippen LogP contribution in [0.25, 0.3) is 0 Å². The van der Waals surface area contributed by atoms with Gasteiger partial charge < -0.3 is 10.5 Å². The molecule has 2 aromatic carbocycles. The summed E-state index contributed by atoms with van der Waals surface area (Å²) < 4.78 is 5.69. The van der Waals surface area contributed by atoms with Crippen molar-refractivity contribution in [1.82, 2.24) is 5.32 Å². The molecule has 1 atom stereocenters. The minimum absolute atomic E-state index is 0.179. The first-order valence-corrected chi connectivity index (χ1v) is 7.84. The Bertz CT molecular complexity index is 626. The molecule has 0 fully saturated rings. The van der Waals surface area contributed by atoms with E-state index in [1.54, 1.807) is 0 Å². The Hall–Kier alpha value is -2.17. The van der Waals surface area contributed by atoms with Gasteiger partial charge in [-0.15, -0.1) is 0 Å². The second-order valence-corrected chi connectivity index (χ2v) is 5.76. The van der Waals surface area contributed by atoms with Gasteiger partial charge in [-0.1, -0.05) is 54.6 Å². The smallest absolute Gasteiger partial charge is 0.239 e. The number of nitrogens with one attached hydrogen (secondary N) is 1. The third kappa shape index (κ3) is 5.20. The topological polar surface area (TPSA) is 64.3 Å². The first-order chi connectivity index (χ1) is 11.1. The second-order valence-electron chi connectivity index (χ2n) is 5.76. The highest BCUT2D eigenvalue weighted by Crippen LogP contribution is 2.16. The highest BCUT2D eigenvalue weighted by atomic mass is 16.5. The van der Waals surface area contributed by atoms with Gasteiger partial charge in [-0.3, -0.25) is 10.1 Å². The van der Waals surface area contributed by atoms with Crippen molar-refractivity contribution in [2.75, 3.05) is 0 Å². The molecule has 0 heterocycles. The lowest BCUT2D eigenvalue weighted by Crippen LogP contribution is -2.33. The van der Waals surface area contributed by atoms with Crippen LogP contribution in [0.3, 0.4) is 0 Å². The van der Waals surface area contributed by atoms with E-state index in [1.165, 1.54) is 0 Å². The first-order valence-electron chi connectivity index (χ1n) is 7.84. The van der Waals surface area contributed by atoms with E-state index in [4.69, 9.17) is 10.5 Å². The highest BCUT2D eigenvalue weighted by molar-refractivity contribution is 5.81. The van der Waals surface area contributed by atoms with Crippen LogP contribution in [0, 0.1) is 0 Å². The number of hydrogen-bond donors (Lipinski definition) is 2. The third-order valence-corrected chi connectivity index (χ3v) is 3.60. The van der Waals surface area contributed by atoms with Gasteiger partial charge in [0.25, 0.3) is 0 Å². The quantitative estimate of drug-likeness (QED) is 0.787. The average Bonchev–Trinajstić information content (AvgIpc) is 2.54. The van der Waals surface area contributed by atoms with E-state index in [0.29, 0.717) is 13.2 Å². The molecule has 1 unspecified atom stereocenters. The number of ether oxygens (including phenoxy) is 1. The zero-order valence-electron chi connectivity index (χ0n) is 13.7. The van der Waals surface area contributed by atoms with Gasteiger partial charge in [0.1, 0.15) is 6.04 Å². The minimum Gasteiger partial charge on any atom is -0.374 e. The summed E-state index contributed by atoms with van der Waals surface area (Å²) in [5.41, 5.74) is 8.64. The molecule has 3 N–H and O–H groups in total. The van der Waals surface area contributed by atoms with Gasteiger partial charge >= 0.3 is 0 Å². The first kappa shape index (κ1) is 17.2. The lowest BCUT2D eigenvalue weighted by atomic mass is 10.0. The molecule has 2 aromatic rings. The van der Waals surface area contributed by atoms with Gasteiger partial charge in [-0.05, 0) is 30.5 Å². The molecule has 4 nitrogen and oxygen atoms in total. The van der Waals surface area contributed by atoms with E-state index in [2.05, 4.69) is 5.32 Å². The number of amides is 1. The summed E-state index contributed by atoms with van der Waals surface area (Å²) in [4.78, 5) is 11.8. The van der Waals surface area contributed by atoms with Gasteiger partial charge in [0.2, 0.25) is 5.91 Å². The van der Waals surface area contributed by atoms with Crippen molar-refractivity contribution in [2.24, 2.45) is 5.73 Å². The van der Waals surface area contributed by atoms with Crippen molar-refractivity contribution in [2.45, 2.75) is 39.1 Å². The molecule has 2 rings (SSSR count). The zero-order valence-corrected chi connectivity index (χ0v) is 13.7. The molecule has 4 heteroatoms. The van der Waals surface area contributed by atoms with E-state index in [0.717, 1.165) is 16.7 Å². The highest BCUT2D eigenvalue weighted by Gasteiger charge is 2.17. The molecule has 23 heavy (non-hydrogen) atoms. The van der Waals surface area contributed by atoms with Gasteiger partial charge in [0.15, 0.2) is 0 Å². The third-order valence-electron chi connectivity index (χ3n) is 3.60. The van der Waals surface area contributed by atoms with Crippen LogP contribution in [0.4, 0.5) is 0 Å². The lowest BCUT2D eigenvalue weighted by molar-refractivity contribution is -0.120. The summed E-state index contributed by atoms with van der Waals surface area (Å²) in [7, 11) is 0. The van der Waals surface area contributed by atoms with Gasteiger partial charge in [0.05, 0.1) is 12.7 Å². The fourth-order valence-corrected chi connectivity index (χ4v) is 2.37. The largest absolute Gasteiger partial charge is 0.374 e. The maximum absolute atomic E-state index is 11.8. The number of hydrogen-bond acceptors (Lipinski definition) is 3. The monoisotopic (exact) mass is 312 g/mol. The summed E-state index contributed by atoms with van der Waals surface area (Å²) >= 11 is 0. The van der Waals surface area contributed by atoms with Crippen LogP contribution in [-0.4, -0.2) is 12.0 Å². The van der Waals surface area contributed by atoms with E-state index >= 15 is 0 Å². The fraction of sp³-hybridized carbons (Fsp3) is 0.316. The summed E-state index contributed by atoms with van der Waals surface area (Å²) in [5.74, 6) is -0.382. The van der Waals surface area contributed by atoms with E-state index in [1.807, 2.05) is 68.4 Å². The number of nitrogens with two attached hydrogens (primary N) is 1. The molecule has 0 bridgehead atoms. The van der Waals surface area contributed by atoms with Crippen molar-refractivity contribution >= 4 is 5.91 Å². The van der Waals surface area contributed by atoms with Crippen LogP contribution < -0.4 is 11.1 Å². The molecular weight excluding hydrogens is 288 g/mol. The number of carbonyl (C=O) groups is 1. The normalized spacial score (nSPS) is 12.3. The van der Waals surface area contributed by atoms with Crippen LogP contribution in [0.5, 0.6) is 0 Å². The molecular formula is C19H24N2O2. The molecule has 0 aromatic heterocycles. The number of benzene rings is 2. The molecule has 0 aliphatic carbocycles. The minimum atomic E-state index is -0.504. The van der Waals surface area contributed by atoms with Crippen molar-refractivity contribution in [1.29, 1.82) is 0 Å². The molecule has 0 aliphatic rings. The van der Waals surface area contributed by atoms with Crippen molar-refractivity contribution < 1.29 is 9.53 Å². The predicted molar refractivity (Wildman–Crippen MR) is 91.6 cm³/mol. The van der Waals surface area contributed by atoms with Gasteiger partial charge in [-0.2, -0.15) is 0 Å². The van der Waals surface area contributed by atoms with Gasteiger partial charge in [-0.25, -0.2) is 0 Å². The Kier molecular flexibility index (Phi) is 6.32. The Balaban J connectivity index is 2.08. The maximum Gasteiger partial charge on any atom is 0.239 e. The average molecular weight is 312 g/mol. The van der Waals surface area contributed by atoms with Crippen LogP contribution in [-0.2, 0) is 22.7 Å². The van der Waals surface area contributed by atoms with E-state index in [-0.39, 0.29) is 12.0 Å². The summed E-state index contributed by atoms with van der Waals surface area (Å²) in [5, 5.41) is 3.25. The van der Waals surface area contributed by atoms with Crippen LogP contribution in [0.1, 0.15) is 36.6 Å². The summed E-state index contributed by atoms with van der Waals surface area (Å²) in [6.45, 7) is 5.14. The van der Waals surface area contributed by atoms with Crippen molar-refractivity contribution in [3.63, 3.8) is 0 Å². The summed E-state index contributed by atoms with van der Waals surface area (Å²) in [6.07, 6.45) is 0.179. The molecule has 0 saturated carbocycles. The standard InChI is InChI=1S/C19H24N2O2/c1-14(2)23-13-17-11-7-6-10-16(17)12-21-18(19(20)22)15-8-4-3-5-9-15/h3-11,14,18,21H,12-13H2,1-2H3,(H2,20,22). The summed E-state index contributed by atoms with van der Waals surface area (Å²) in [6, 6.07) is 17.1. The van der Waals surface area contributed by atoms with Crippen LogP contribution >= 0.6 is 0 Å². The molecule has 1 amide bonds. The number of primary amides is 1. The Morgan fingerprint density at radius 1 is 1.04 bits per heavy atom. The molecule has 0 saturated heterocycles. The molecule has 0 spiro atoms. The maximum atomic E-state index is 11.8. The Labute approximate surface area is 137 Å². The van der Waals surface area contributed by atoms with E-state index in [9.17, 15) is 4.79 Å². The van der Waals surface area contributed by atoms with Gasteiger partial charge in [0, 0.05) is 6.54 Å². The van der Waals surface area contributed by atoms with Crippen LogP contribution in [0.2, 0.25) is 0 Å². The fourth-order valence-electron chi connectivity index (χ4n) is 2.37.